The van der Waals surface area contributed by atoms with E-state index < -0.39 is 17.7 Å². The highest BCUT2D eigenvalue weighted by Crippen LogP contribution is 2.33. The van der Waals surface area contributed by atoms with Gasteiger partial charge in [0.2, 0.25) is 5.90 Å². The van der Waals surface area contributed by atoms with Crippen LogP contribution in [0.3, 0.4) is 0 Å². The van der Waals surface area contributed by atoms with Gasteiger partial charge in [-0.1, -0.05) is 54.6 Å². The average Bonchev–Trinajstić information content (AvgIpc) is 3.01. The van der Waals surface area contributed by atoms with Gasteiger partial charge in [0, 0.05) is 5.56 Å². The number of ether oxygens (including phenoxy) is 1. The molecule has 0 aromatic heterocycles. The first-order chi connectivity index (χ1) is 12.9. The van der Waals surface area contributed by atoms with Gasteiger partial charge in [-0.3, -0.25) is 0 Å². The molecule has 0 radical (unpaired) electrons. The molecule has 0 unspecified atom stereocenters. The summed E-state index contributed by atoms with van der Waals surface area (Å²) < 4.78 is 44.7. The van der Waals surface area contributed by atoms with E-state index in [2.05, 4.69) is 4.99 Å². The Hall–Kier alpha value is -3.41. The van der Waals surface area contributed by atoms with Crippen LogP contribution in [0.25, 0.3) is 16.8 Å². The predicted octanol–water partition coefficient (Wildman–Crippen LogP) is 5.20. The third-order valence-corrected chi connectivity index (χ3v) is 4.20. The van der Waals surface area contributed by atoms with Gasteiger partial charge in [-0.25, -0.2) is 9.79 Å². The number of carbonyl (C=O) groups is 1. The molecule has 134 valence electrons. The van der Waals surface area contributed by atoms with Crippen LogP contribution in [0, 0.1) is 0 Å². The number of benzene rings is 3. The molecular formula is C21H12F3NO2. The summed E-state index contributed by atoms with van der Waals surface area (Å²) in [6.45, 7) is 0. The number of hydrogen-bond donors (Lipinski definition) is 0. The van der Waals surface area contributed by atoms with Gasteiger partial charge in [-0.2, -0.15) is 13.2 Å². The smallest absolute Gasteiger partial charge is 0.402 e. The number of nitrogens with zero attached hydrogens (tertiary/aromatic N) is 1. The van der Waals surface area contributed by atoms with Crippen LogP contribution in [-0.2, 0) is 15.7 Å². The monoisotopic (exact) mass is 367 g/mol. The third-order valence-electron chi connectivity index (χ3n) is 4.20. The lowest BCUT2D eigenvalue weighted by Crippen LogP contribution is -2.08. The molecule has 3 aromatic carbocycles. The van der Waals surface area contributed by atoms with Crippen molar-refractivity contribution in [3.05, 3.63) is 89.1 Å². The second-order valence-electron chi connectivity index (χ2n) is 5.95. The topological polar surface area (TPSA) is 38.7 Å². The Morgan fingerprint density at radius 2 is 1.59 bits per heavy atom. The average molecular weight is 367 g/mol. The van der Waals surface area contributed by atoms with E-state index in [0.717, 1.165) is 22.9 Å². The van der Waals surface area contributed by atoms with Gasteiger partial charge in [-0.05, 0) is 34.5 Å². The van der Waals surface area contributed by atoms with E-state index in [-0.39, 0.29) is 17.2 Å². The molecular weight excluding hydrogens is 355 g/mol. The van der Waals surface area contributed by atoms with Gasteiger partial charge in [-0.15, -0.1) is 0 Å². The number of hydrogen-bond acceptors (Lipinski definition) is 3. The molecule has 0 aliphatic carbocycles. The predicted molar refractivity (Wildman–Crippen MR) is 96.0 cm³/mol. The minimum Gasteiger partial charge on any atom is -0.402 e. The van der Waals surface area contributed by atoms with Crippen LogP contribution >= 0.6 is 0 Å². The van der Waals surface area contributed by atoms with Crippen LogP contribution < -0.4 is 0 Å². The first-order valence-corrected chi connectivity index (χ1v) is 8.10. The van der Waals surface area contributed by atoms with Crippen LogP contribution in [0.15, 0.2) is 77.4 Å². The molecule has 6 heteroatoms. The Balaban J connectivity index is 1.80. The first-order valence-electron chi connectivity index (χ1n) is 8.10. The summed E-state index contributed by atoms with van der Waals surface area (Å²) in [7, 11) is 0. The molecule has 0 bridgehead atoms. The molecule has 1 aliphatic heterocycles. The van der Waals surface area contributed by atoms with Crippen molar-refractivity contribution >= 4 is 28.7 Å². The number of rotatable bonds is 2. The summed E-state index contributed by atoms with van der Waals surface area (Å²) in [5.74, 6) is -0.706. The molecule has 3 nitrogen and oxygen atoms in total. The molecule has 0 spiro atoms. The maximum atomic E-state index is 13.2. The van der Waals surface area contributed by atoms with Gasteiger partial charge in [0.25, 0.3) is 0 Å². The van der Waals surface area contributed by atoms with E-state index in [1.54, 1.807) is 12.1 Å². The fourth-order valence-corrected chi connectivity index (χ4v) is 2.96. The minimum absolute atomic E-state index is 0.0764. The molecule has 0 saturated carbocycles. The lowest BCUT2D eigenvalue weighted by atomic mass is 10.0. The van der Waals surface area contributed by atoms with Crippen LogP contribution in [0.5, 0.6) is 0 Å². The molecule has 4 rings (SSSR count). The maximum Gasteiger partial charge on any atom is 0.416 e. The molecule has 1 heterocycles. The van der Waals surface area contributed by atoms with E-state index in [0.29, 0.717) is 5.56 Å². The van der Waals surface area contributed by atoms with Crippen molar-refractivity contribution in [1.29, 1.82) is 0 Å². The molecule has 0 atom stereocenters. The van der Waals surface area contributed by atoms with Crippen LogP contribution in [-0.4, -0.2) is 11.9 Å². The van der Waals surface area contributed by atoms with Crippen molar-refractivity contribution in [2.45, 2.75) is 6.18 Å². The Morgan fingerprint density at radius 1 is 0.889 bits per heavy atom. The van der Waals surface area contributed by atoms with Gasteiger partial charge in [0.05, 0.1) is 5.56 Å². The first kappa shape index (κ1) is 17.0. The summed E-state index contributed by atoms with van der Waals surface area (Å²) in [6.07, 6.45) is -3.43. The van der Waals surface area contributed by atoms with Crippen molar-refractivity contribution in [2.75, 3.05) is 0 Å². The maximum absolute atomic E-state index is 13.2. The highest BCUT2D eigenvalue weighted by molar-refractivity contribution is 6.17. The highest BCUT2D eigenvalue weighted by atomic mass is 19.4. The van der Waals surface area contributed by atoms with E-state index in [9.17, 15) is 18.0 Å². The molecule has 27 heavy (non-hydrogen) atoms. The van der Waals surface area contributed by atoms with E-state index in [1.807, 2.05) is 30.3 Å². The molecule has 1 aliphatic rings. The van der Waals surface area contributed by atoms with Crippen molar-refractivity contribution in [3.8, 4) is 0 Å². The Kier molecular flexibility index (Phi) is 4.03. The fourth-order valence-electron chi connectivity index (χ4n) is 2.96. The number of alkyl halides is 3. The zero-order valence-corrected chi connectivity index (χ0v) is 13.8. The lowest BCUT2D eigenvalue weighted by molar-refractivity contribution is -0.137. The minimum atomic E-state index is -4.53. The van der Waals surface area contributed by atoms with Crippen molar-refractivity contribution in [2.24, 2.45) is 4.99 Å². The van der Waals surface area contributed by atoms with E-state index >= 15 is 0 Å². The molecule has 0 N–H and O–H groups in total. The highest BCUT2D eigenvalue weighted by Gasteiger charge is 2.33. The van der Waals surface area contributed by atoms with Crippen molar-refractivity contribution in [3.63, 3.8) is 0 Å². The van der Waals surface area contributed by atoms with E-state index in [4.69, 9.17) is 4.74 Å². The Labute approximate surface area is 152 Å². The third kappa shape index (κ3) is 3.21. The van der Waals surface area contributed by atoms with Gasteiger partial charge < -0.3 is 4.74 Å². The summed E-state index contributed by atoms with van der Waals surface area (Å²) in [5, 5.41) is 1.78. The summed E-state index contributed by atoms with van der Waals surface area (Å²) >= 11 is 0. The summed E-state index contributed by atoms with van der Waals surface area (Å²) in [6, 6.07) is 18.0. The van der Waals surface area contributed by atoms with Crippen molar-refractivity contribution < 1.29 is 22.7 Å². The number of fused-ring (bicyclic) bond motifs is 1. The van der Waals surface area contributed by atoms with Crippen LogP contribution in [0.1, 0.15) is 16.7 Å². The Bertz CT molecular complexity index is 1110. The largest absolute Gasteiger partial charge is 0.416 e. The summed E-state index contributed by atoms with van der Waals surface area (Å²) in [5.41, 5.74) is -0.539. The molecule has 0 saturated heterocycles. The van der Waals surface area contributed by atoms with Crippen LogP contribution in [0.2, 0.25) is 0 Å². The van der Waals surface area contributed by atoms with E-state index in [1.165, 1.54) is 18.2 Å². The number of halogens is 3. The summed E-state index contributed by atoms with van der Waals surface area (Å²) in [4.78, 5) is 16.3. The second kappa shape index (κ2) is 6.39. The molecule has 0 fully saturated rings. The molecule has 0 amide bonds. The van der Waals surface area contributed by atoms with Gasteiger partial charge >= 0.3 is 12.1 Å². The zero-order chi connectivity index (χ0) is 19.0. The fraction of sp³-hybridized carbons (Fsp3) is 0.0476. The Morgan fingerprint density at radius 3 is 2.41 bits per heavy atom. The lowest BCUT2D eigenvalue weighted by Gasteiger charge is -2.09. The standard InChI is InChI=1S/C21H12F3NO2/c22-21(23,24)17-11-4-2-7-14(17)12-18-20(26)27-19(25-18)16-10-5-8-13-6-1-3-9-15(13)16/h1-12H. The number of carbonyl (C=O) groups excluding carboxylic acids is 1. The van der Waals surface area contributed by atoms with Crippen LogP contribution in [0.4, 0.5) is 13.2 Å². The zero-order valence-electron chi connectivity index (χ0n) is 13.8. The quantitative estimate of drug-likeness (QED) is 0.461. The number of esters is 1. The van der Waals surface area contributed by atoms with Gasteiger partial charge in [0.1, 0.15) is 0 Å². The SMILES string of the molecule is O=C1OC(c2cccc3ccccc23)=NC1=Cc1ccccc1C(F)(F)F. The number of cyclic esters (lactones) is 1. The molecule has 3 aromatic rings. The second-order valence-corrected chi connectivity index (χ2v) is 5.95. The normalized spacial score (nSPS) is 15.9. The van der Waals surface area contributed by atoms with Crippen molar-refractivity contribution in [1.82, 2.24) is 0 Å². The number of aliphatic imine (C=N–C) groups is 1. The van der Waals surface area contributed by atoms with Gasteiger partial charge in [0.15, 0.2) is 5.70 Å².